The molecule has 1 unspecified atom stereocenters. The van der Waals surface area contributed by atoms with Crippen molar-refractivity contribution in [1.82, 2.24) is 10.2 Å². The molecule has 1 saturated heterocycles. The molecule has 3 N–H and O–H groups in total. The SMILES string of the molecule is CCN(CC1(OC)CCCN1)C(=O)c1cccc(S(N)(=O)=O)c1. The van der Waals surface area contributed by atoms with Gasteiger partial charge < -0.3 is 9.64 Å². The van der Waals surface area contributed by atoms with Gasteiger partial charge in [-0.3, -0.25) is 10.1 Å². The van der Waals surface area contributed by atoms with Gasteiger partial charge in [-0.1, -0.05) is 6.07 Å². The van der Waals surface area contributed by atoms with Crippen molar-refractivity contribution in [3.05, 3.63) is 29.8 Å². The van der Waals surface area contributed by atoms with Gasteiger partial charge in [-0.25, -0.2) is 13.6 Å². The summed E-state index contributed by atoms with van der Waals surface area (Å²) in [5.41, 5.74) is -0.244. The Balaban J connectivity index is 2.23. The van der Waals surface area contributed by atoms with Crippen LogP contribution in [-0.4, -0.2) is 51.7 Å². The average Bonchev–Trinajstić information content (AvgIpc) is 3.00. The van der Waals surface area contributed by atoms with E-state index in [0.717, 1.165) is 19.4 Å². The third-order valence-corrected chi connectivity index (χ3v) is 5.03. The van der Waals surface area contributed by atoms with Crippen LogP contribution < -0.4 is 10.5 Å². The third-order valence-electron chi connectivity index (χ3n) is 4.12. The molecule has 23 heavy (non-hydrogen) atoms. The fourth-order valence-corrected chi connectivity index (χ4v) is 3.34. The first-order valence-corrected chi connectivity index (χ1v) is 9.08. The second-order valence-corrected chi connectivity index (χ2v) is 7.18. The van der Waals surface area contributed by atoms with Crippen LogP contribution in [-0.2, 0) is 14.8 Å². The molecular weight excluding hydrogens is 318 g/mol. The van der Waals surface area contributed by atoms with Gasteiger partial charge in [0.05, 0.1) is 11.4 Å². The van der Waals surface area contributed by atoms with E-state index < -0.39 is 15.7 Å². The lowest BCUT2D eigenvalue weighted by Gasteiger charge is -2.34. The monoisotopic (exact) mass is 341 g/mol. The molecule has 7 nitrogen and oxygen atoms in total. The molecule has 1 aromatic rings. The second-order valence-electron chi connectivity index (χ2n) is 5.62. The van der Waals surface area contributed by atoms with Gasteiger partial charge in [0.25, 0.3) is 5.91 Å². The number of primary sulfonamides is 1. The standard InChI is InChI=1S/C15H23N3O4S/c1-3-18(11-15(22-2)8-5-9-17-15)14(19)12-6-4-7-13(10-12)23(16,20)21/h4,6-7,10,17H,3,5,8-9,11H2,1-2H3,(H2,16,20,21). The number of nitrogens with two attached hydrogens (primary N) is 1. The lowest BCUT2D eigenvalue weighted by atomic mass is 10.1. The summed E-state index contributed by atoms with van der Waals surface area (Å²) in [6.45, 7) is 3.61. The van der Waals surface area contributed by atoms with Crippen molar-refractivity contribution in [1.29, 1.82) is 0 Å². The largest absolute Gasteiger partial charge is 0.362 e. The van der Waals surface area contributed by atoms with Crippen molar-refractivity contribution in [2.45, 2.75) is 30.4 Å². The molecule has 1 fully saturated rings. The number of methoxy groups -OCH3 is 1. The quantitative estimate of drug-likeness (QED) is 0.785. The lowest BCUT2D eigenvalue weighted by molar-refractivity contribution is -0.0433. The smallest absolute Gasteiger partial charge is 0.254 e. The van der Waals surface area contributed by atoms with Crippen molar-refractivity contribution >= 4 is 15.9 Å². The summed E-state index contributed by atoms with van der Waals surface area (Å²) >= 11 is 0. The van der Waals surface area contributed by atoms with Gasteiger partial charge in [0.2, 0.25) is 10.0 Å². The van der Waals surface area contributed by atoms with Gasteiger partial charge in [-0.15, -0.1) is 0 Å². The number of rotatable bonds is 6. The van der Waals surface area contributed by atoms with Crippen LogP contribution in [0.15, 0.2) is 29.2 Å². The van der Waals surface area contributed by atoms with E-state index in [-0.39, 0.29) is 10.8 Å². The molecule has 0 spiro atoms. The molecule has 1 aliphatic heterocycles. The van der Waals surface area contributed by atoms with E-state index in [1.807, 2.05) is 6.92 Å². The van der Waals surface area contributed by atoms with E-state index in [2.05, 4.69) is 5.32 Å². The molecule has 0 bridgehead atoms. The maximum atomic E-state index is 12.7. The molecule has 128 valence electrons. The highest BCUT2D eigenvalue weighted by molar-refractivity contribution is 7.89. The minimum atomic E-state index is -3.84. The number of sulfonamides is 1. The molecule has 0 saturated carbocycles. The number of hydrogen-bond acceptors (Lipinski definition) is 5. The summed E-state index contributed by atoms with van der Waals surface area (Å²) in [5.74, 6) is -0.247. The van der Waals surface area contributed by atoms with Crippen molar-refractivity contribution in [2.24, 2.45) is 5.14 Å². The molecule has 1 aromatic carbocycles. The van der Waals surface area contributed by atoms with Gasteiger partial charge >= 0.3 is 0 Å². The van der Waals surface area contributed by atoms with Crippen molar-refractivity contribution in [3.8, 4) is 0 Å². The molecule has 1 amide bonds. The number of likely N-dealkylation sites (N-methyl/N-ethyl adjacent to an activating group) is 1. The first kappa shape index (κ1) is 17.9. The molecule has 1 atom stereocenters. The molecular formula is C15H23N3O4S. The van der Waals surface area contributed by atoms with E-state index in [1.165, 1.54) is 18.2 Å². The maximum Gasteiger partial charge on any atom is 0.254 e. The van der Waals surface area contributed by atoms with Crippen LogP contribution in [0.4, 0.5) is 0 Å². The van der Waals surface area contributed by atoms with Crippen molar-refractivity contribution < 1.29 is 17.9 Å². The van der Waals surface area contributed by atoms with Crippen LogP contribution in [0, 0.1) is 0 Å². The summed E-state index contributed by atoms with van der Waals surface area (Å²) in [5, 5.41) is 8.42. The van der Waals surface area contributed by atoms with Crippen LogP contribution in [0.1, 0.15) is 30.1 Å². The van der Waals surface area contributed by atoms with Gasteiger partial charge in [0, 0.05) is 19.2 Å². The average molecular weight is 341 g/mol. The van der Waals surface area contributed by atoms with E-state index in [9.17, 15) is 13.2 Å². The summed E-state index contributed by atoms with van der Waals surface area (Å²) in [7, 11) is -2.21. The summed E-state index contributed by atoms with van der Waals surface area (Å²) in [4.78, 5) is 14.3. The minimum Gasteiger partial charge on any atom is -0.362 e. The van der Waals surface area contributed by atoms with E-state index in [4.69, 9.17) is 9.88 Å². The first-order chi connectivity index (χ1) is 10.8. The Morgan fingerprint density at radius 1 is 1.48 bits per heavy atom. The number of ether oxygens (including phenoxy) is 1. The maximum absolute atomic E-state index is 12.7. The molecule has 1 aliphatic rings. The normalized spacial score (nSPS) is 21.3. The Hall–Kier alpha value is -1.48. The number of nitrogens with one attached hydrogen (secondary N) is 1. The minimum absolute atomic E-state index is 0.0696. The fraction of sp³-hybridized carbons (Fsp3) is 0.533. The Kier molecular flexibility index (Phi) is 5.41. The van der Waals surface area contributed by atoms with Gasteiger partial charge in [-0.2, -0.15) is 0 Å². The number of hydrogen-bond donors (Lipinski definition) is 2. The van der Waals surface area contributed by atoms with Gasteiger partial charge in [0.15, 0.2) is 0 Å². The van der Waals surface area contributed by atoms with E-state index in [1.54, 1.807) is 18.1 Å². The highest BCUT2D eigenvalue weighted by Crippen LogP contribution is 2.22. The first-order valence-electron chi connectivity index (χ1n) is 7.53. The Morgan fingerprint density at radius 3 is 2.74 bits per heavy atom. The number of nitrogens with zero attached hydrogens (tertiary/aromatic N) is 1. The molecule has 8 heteroatoms. The highest BCUT2D eigenvalue weighted by atomic mass is 32.2. The second kappa shape index (κ2) is 6.96. The lowest BCUT2D eigenvalue weighted by Crippen LogP contribution is -2.52. The molecule has 1 heterocycles. The summed E-state index contributed by atoms with van der Waals surface area (Å²) < 4.78 is 28.5. The Bertz CT molecular complexity index is 669. The Morgan fingerprint density at radius 2 is 2.22 bits per heavy atom. The molecule has 0 radical (unpaired) electrons. The molecule has 2 rings (SSSR count). The van der Waals surface area contributed by atoms with Crippen molar-refractivity contribution in [2.75, 3.05) is 26.7 Å². The summed E-state index contributed by atoms with van der Waals surface area (Å²) in [6, 6.07) is 5.78. The zero-order valence-corrected chi connectivity index (χ0v) is 14.2. The zero-order chi connectivity index (χ0) is 17.1. The van der Waals surface area contributed by atoms with E-state index in [0.29, 0.717) is 18.7 Å². The topological polar surface area (TPSA) is 102 Å². The predicted molar refractivity (Wildman–Crippen MR) is 86.4 cm³/mol. The number of carbonyl (C=O) groups is 1. The van der Waals surface area contributed by atoms with Gasteiger partial charge in [-0.05, 0) is 44.5 Å². The third kappa shape index (κ3) is 4.08. The highest BCUT2D eigenvalue weighted by Gasteiger charge is 2.36. The van der Waals surface area contributed by atoms with Crippen LogP contribution in [0.3, 0.4) is 0 Å². The van der Waals surface area contributed by atoms with Crippen molar-refractivity contribution in [3.63, 3.8) is 0 Å². The fourth-order valence-electron chi connectivity index (χ4n) is 2.78. The van der Waals surface area contributed by atoms with Crippen LogP contribution in [0.2, 0.25) is 0 Å². The number of benzene rings is 1. The summed E-state index contributed by atoms with van der Waals surface area (Å²) in [6.07, 6.45) is 1.81. The van der Waals surface area contributed by atoms with Crippen LogP contribution in [0.5, 0.6) is 0 Å². The van der Waals surface area contributed by atoms with E-state index >= 15 is 0 Å². The number of carbonyl (C=O) groups excluding carboxylic acids is 1. The number of amides is 1. The Labute approximate surface area is 136 Å². The van der Waals surface area contributed by atoms with Crippen LogP contribution >= 0.6 is 0 Å². The predicted octanol–water partition coefficient (Wildman–Crippen LogP) is 0.522. The zero-order valence-electron chi connectivity index (χ0n) is 13.4. The van der Waals surface area contributed by atoms with Crippen LogP contribution in [0.25, 0.3) is 0 Å². The van der Waals surface area contributed by atoms with Gasteiger partial charge in [0.1, 0.15) is 5.72 Å². The molecule has 0 aliphatic carbocycles. The molecule has 0 aromatic heterocycles.